The van der Waals surface area contributed by atoms with Crippen LogP contribution >= 0.6 is 23.5 Å². The minimum Gasteiger partial charge on any atom is -0.148 e. The standard InChI is InChI=1S/C10H22S2/c1-5-6-7-11-10(4)12-8-9(2)3/h9-10H,5-8H2,1-4H3. The Kier molecular flexibility index (Phi) is 8.79. The van der Waals surface area contributed by atoms with Gasteiger partial charge in [0.05, 0.1) is 0 Å². The van der Waals surface area contributed by atoms with Gasteiger partial charge in [0.25, 0.3) is 0 Å². The SMILES string of the molecule is CCCCSC(C)SCC(C)C. The molecule has 0 amide bonds. The topological polar surface area (TPSA) is 0 Å². The molecule has 0 radical (unpaired) electrons. The van der Waals surface area contributed by atoms with Crippen LogP contribution in [-0.2, 0) is 0 Å². The van der Waals surface area contributed by atoms with Crippen LogP contribution in [0.5, 0.6) is 0 Å². The highest BCUT2D eigenvalue weighted by Gasteiger charge is 2.03. The Bertz CT molecular complexity index is 91.8. The Balaban J connectivity index is 3.15. The average Bonchev–Trinajstić information content (AvgIpc) is 2.01. The minimum atomic E-state index is 0.791. The molecule has 0 bridgehead atoms. The summed E-state index contributed by atoms with van der Waals surface area (Å²) in [6, 6.07) is 0. The molecule has 74 valence electrons. The first-order valence-electron chi connectivity index (χ1n) is 4.90. The lowest BCUT2D eigenvalue weighted by Crippen LogP contribution is -1.98. The Hall–Kier alpha value is 0.700. The van der Waals surface area contributed by atoms with Crippen LogP contribution in [-0.4, -0.2) is 16.1 Å². The zero-order chi connectivity index (χ0) is 9.40. The van der Waals surface area contributed by atoms with Crippen molar-refractivity contribution >= 4 is 23.5 Å². The molecular formula is C10H22S2. The molecule has 0 heterocycles. The van der Waals surface area contributed by atoms with Crippen molar-refractivity contribution in [3.63, 3.8) is 0 Å². The van der Waals surface area contributed by atoms with Gasteiger partial charge >= 0.3 is 0 Å². The first-order chi connectivity index (χ1) is 5.66. The van der Waals surface area contributed by atoms with Crippen molar-refractivity contribution < 1.29 is 0 Å². The van der Waals surface area contributed by atoms with Crippen molar-refractivity contribution in [2.24, 2.45) is 5.92 Å². The number of rotatable bonds is 7. The number of hydrogen-bond acceptors (Lipinski definition) is 2. The van der Waals surface area contributed by atoms with Gasteiger partial charge in [-0.25, -0.2) is 0 Å². The quantitative estimate of drug-likeness (QED) is 0.451. The number of hydrogen-bond donors (Lipinski definition) is 0. The molecule has 1 atom stereocenters. The molecule has 0 saturated carbocycles. The molecule has 0 aliphatic heterocycles. The van der Waals surface area contributed by atoms with Crippen molar-refractivity contribution in [1.82, 2.24) is 0 Å². The highest BCUT2D eigenvalue weighted by molar-refractivity contribution is 8.16. The van der Waals surface area contributed by atoms with Gasteiger partial charge in [-0.2, -0.15) is 0 Å². The summed E-state index contributed by atoms with van der Waals surface area (Å²) in [7, 11) is 0. The van der Waals surface area contributed by atoms with E-state index >= 15 is 0 Å². The summed E-state index contributed by atoms with van der Waals surface area (Å²) >= 11 is 4.20. The van der Waals surface area contributed by atoms with Crippen LogP contribution in [0.1, 0.15) is 40.5 Å². The third kappa shape index (κ3) is 8.79. The van der Waals surface area contributed by atoms with Gasteiger partial charge in [0, 0.05) is 4.58 Å². The normalized spacial score (nSPS) is 13.8. The molecule has 0 spiro atoms. The van der Waals surface area contributed by atoms with Crippen LogP contribution in [0.2, 0.25) is 0 Å². The van der Waals surface area contributed by atoms with Crippen molar-refractivity contribution in [2.45, 2.75) is 45.1 Å². The Morgan fingerprint density at radius 1 is 1.08 bits per heavy atom. The Morgan fingerprint density at radius 3 is 2.25 bits per heavy atom. The predicted octanol–water partition coefficient (Wildman–Crippen LogP) is 4.25. The van der Waals surface area contributed by atoms with E-state index in [-0.39, 0.29) is 0 Å². The maximum absolute atomic E-state index is 2.33. The van der Waals surface area contributed by atoms with Gasteiger partial charge in [0.1, 0.15) is 0 Å². The van der Waals surface area contributed by atoms with Crippen molar-refractivity contribution in [3.8, 4) is 0 Å². The molecule has 2 heteroatoms. The van der Waals surface area contributed by atoms with Crippen LogP contribution in [0.3, 0.4) is 0 Å². The first kappa shape index (κ1) is 12.7. The second kappa shape index (κ2) is 8.31. The summed E-state index contributed by atoms with van der Waals surface area (Å²) in [5.74, 6) is 3.48. The molecule has 0 saturated heterocycles. The van der Waals surface area contributed by atoms with E-state index in [1.165, 1.54) is 24.3 Å². The van der Waals surface area contributed by atoms with E-state index in [9.17, 15) is 0 Å². The summed E-state index contributed by atoms with van der Waals surface area (Å²) < 4.78 is 0.791. The van der Waals surface area contributed by atoms with Crippen LogP contribution in [0.15, 0.2) is 0 Å². The molecule has 0 aliphatic carbocycles. The van der Waals surface area contributed by atoms with Gasteiger partial charge in [0.15, 0.2) is 0 Å². The maximum atomic E-state index is 2.33. The summed E-state index contributed by atoms with van der Waals surface area (Å²) in [6.45, 7) is 9.16. The smallest absolute Gasteiger partial charge is 0.0474 e. The molecule has 0 rings (SSSR count). The van der Waals surface area contributed by atoms with Crippen molar-refractivity contribution in [1.29, 1.82) is 0 Å². The van der Waals surface area contributed by atoms with E-state index in [2.05, 4.69) is 51.2 Å². The summed E-state index contributed by atoms with van der Waals surface area (Å²) in [5, 5.41) is 0. The molecule has 0 aromatic rings. The minimum absolute atomic E-state index is 0.791. The Morgan fingerprint density at radius 2 is 1.75 bits per heavy atom. The third-order valence-corrected chi connectivity index (χ3v) is 4.65. The lowest BCUT2D eigenvalue weighted by molar-refractivity contribution is 0.750. The monoisotopic (exact) mass is 206 g/mol. The summed E-state index contributed by atoms with van der Waals surface area (Å²) in [6.07, 6.45) is 2.70. The highest BCUT2D eigenvalue weighted by Crippen LogP contribution is 2.25. The van der Waals surface area contributed by atoms with E-state index in [4.69, 9.17) is 0 Å². The van der Waals surface area contributed by atoms with Gasteiger partial charge in [-0.3, -0.25) is 0 Å². The molecule has 0 fully saturated rings. The van der Waals surface area contributed by atoms with Gasteiger partial charge in [-0.05, 0) is 30.8 Å². The number of thioether (sulfide) groups is 2. The first-order valence-corrected chi connectivity index (χ1v) is 6.99. The zero-order valence-electron chi connectivity index (χ0n) is 8.80. The molecule has 0 aromatic heterocycles. The van der Waals surface area contributed by atoms with E-state index in [1.807, 2.05) is 0 Å². The fourth-order valence-electron chi connectivity index (χ4n) is 0.770. The predicted molar refractivity (Wildman–Crippen MR) is 64.1 cm³/mol. The van der Waals surface area contributed by atoms with Gasteiger partial charge in [0.2, 0.25) is 0 Å². The number of unbranched alkanes of at least 4 members (excludes halogenated alkanes) is 1. The molecule has 0 aromatic carbocycles. The third-order valence-electron chi connectivity index (χ3n) is 1.51. The largest absolute Gasteiger partial charge is 0.148 e. The van der Waals surface area contributed by atoms with Crippen LogP contribution in [0.25, 0.3) is 0 Å². The molecule has 1 unspecified atom stereocenters. The van der Waals surface area contributed by atoms with E-state index in [0.717, 1.165) is 10.5 Å². The average molecular weight is 206 g/mol. The van der Waals surface area contributed by atoms with E-state index < -0.39 is 0 Å². The van der Waals surface area contributed by atoms with Crippen LogP contribution < -0.4 is 0 Å². The maximum Gasteiger partial charge on any atom is 0.0474 e. The molecule has 0 aliphatic rings. The zero-order valence-corrected chi connectivity index (χ0v) is 10.4. The lowest BCUT2D eigenvalue weighted by atomic mass is 10.3. The summed E-state index contributed by atoms with van der Waals surface area (Å²) in [5.41, 5.74) is 0. The lowest BCUT2D eigenvalue weighted by Gasteiger charge is -2.11. The fraction of sp³-hybridized carbons (Fsp3) is 1.00. The van der Waals surface area contributed by atoms with Crippen LogP contribution in [0.4, 0.5) is 0 Å². The van der Waals surface area contributed by atoms with E-state index in [0.29, 0.717) is 0 Å². The molecular weight excluding hydrogens is 184 g/mol. The Labute approximate surface area is 86.3 Å². The molecule has 0 N–H and O–H groups in total. The van der Waals surface area contributed by atoms with Crippen molar-refractivity contribution in [3.05, 3.63) is 0 Å². The molecule has 12 heavy (non-hydrogen) atoms. The highest BCUT2D eigenvalue weighted by atomic mass is 32.2. The second-order valence-electron chi connectivity index (χ2n) is 3.52. The van der Waals surface area contributed by atoms with Crippen molar-refractivity contribution in [2.75, 3.05) is 11.5 Å². The second-order valence-corrected chi connectivity index (χ2v) is 6.64. The summed E-state index contributed by atoms with van der Waals surface area (Å²) in [4.78, 5) is 0. The fourth-order valence-corrected chi connectivity index (χ4v) is 3.12. The van der Waals surface area contributed by atoms with E-state index in [1.54, 1.807) is 0 Å². The van der Waals surface area contributed by atoms with Crippen LogP contribution in [0, 0.1) is 5.92 Å². The van der Waals surface area contributed by atoms with Gasteiger partial charge < -0.3 is 0 Å². The van der Waals surface area contributed by atoms with Gasteiger partial charge in [-0.15, -0.1) is 23.5 Å². The molecule has 0 nitrogen and oxygen atoms in total. The van der Waals surface area contributed by atoms with Gasteiger partial charge in [-0.1, -0.05) is 27.2 Å².